The summed E-state index contributed by atoms with van der Waals surface area (Å²) in [5.41, 5.74) is 17.0. The smallest absolute Gasteiger partial charge is 0.115 e. The Bertz CT molecular complexity index is 4010. The number of aromatic nitrogens is 2. The highest BCUT2D eigenvalue weighted by molar-refractivity contribution is 6.69. The third kappa shape index (κ3) is 6.73. The zero-order valence-electron chi connectivity index (χ0n) is 37.5. The standard InChI is InChI=1S/C60H33B7N2/c61-52-48(40-28-31-46-44(33-40)49-43(37-18-8-3-9-19-37)23-13-25-47(49)69(46)45-24-11-10-22-42(45)36-16-6-2-7-17-36)53(62)57(66)59-50(52)51-54(63)55(64)56(65)58(67)60(51)68(59)41-29-26-35(27-30-41)39-21-12-20-38(32-39)34-14-4-1-5-15-34/h1-33H. The molecule has 2 heterocycles. The van der Waals surface area contributed by atoms with E-state index in [4.69, 9.17) is 54.9 Å². The van der Waals surface area contributed by atoms with Crippen molar-refractivity contribution in [3.05, 3.63) is 200 Å². The van der Waals surface area contributed by atoms with Crippen LogP contribution in [0, 0.1) is 0 Å². The zero-order chi connectivity index (χ0) is 47.1. The van der Waals surface area contributed by atoms with Crippen molar-refractivity contribution >= 4 is 137 Å². The molecule has 12 aromatic rings. The Kier molecular flexibility index (Phi) is 10.4. The van der Waals surface area contributed by atoms with Gasteiger partial charge < -0.3 is 9.13 Å². The lowest BCUT2D eigenvalue weighted by molar-refractivity contribution is 1.18. The molecule has 0 spiro atoms. The Balaban J connectivity index is 1.10. The largest absolute Gasteiger partial charge is 0.311 e. The summed E-state index contributed by atoms with van der Waals surface area (Å²) in [7, 11) is 49.2. The Morgan fingerprint density at radius 3 is 1.43 bits per heavy atom. The van der Waals surface area contributed by atoms with E-state index in [0.717, 1.165) is 83.3 Å². The van der Waals surface area contributed by atoms with Gasteiger partial charge in [-0.15, -0.1) is 10.9 Å². The SMILES string of the molecule is [B]c1c([B])c([B])c2c(c1[B])c1c([B])c(-c3ccc4c(c3)c3c(-c5ccccc5)cccc3n4-c3ccccc3-c3ccccc3)c([B])c([B])c1n2-c1ccc(-c2cccc(-c3ccccc3)c2)cc1. The van der Waals surface area contributed by atoms with Crippen LogP contribution in [-0.4, -0.2) is 64.1 Å². The van der Waals surface area contributed by atoms with Gasteiger partial charge in [0.2, 0.25) is 0 Å². The van der Waals surface area contributed by atoms with E-state index in [1.807, 2.05) is 47.0 Å². The summed E-state index contributed by atoms with van der Waals surface area (Å²) < 4.78 is 4.30. The fourth-order valence-corrected chi connectivity index (χ4v) is 10.4. The molecule has 0 aliphatic carbocycles. The molecular formula is C60H33B7N2. The molecule has 0 atom stereocenters. The summed E-state index contributed by atoms with van der Waals surface area (Å²) in [6.07, 6.45) is 0. The molecule has 2 nitrogen and oxygen atoms in total. The predicted molar refractivity (Wildman–Crippen MR) is 300 cm³/mol. The lowest BCUT2D eigenvalue weighted by Crippen LogP contribution is -2.48. The Labute approximate surface area is 410 Å². The van der Waals surface area contributed by atoms with Crippen molar-refractivity contribution in [1.82, 2.24) is 9.13 Å². The first-order chi connectivity index (χ1) is 33.7. The quantitative estimate of drug-likeness (QED) is 0.145. The maximum Gasteiger partial charge on any atom is 0.115 e. The molecule has 0 unspecified atom stereocenters. The van der Waals surface area contributed by atoms with Crippen LogP contribution >= 0.6 is 0 Å². The van der Waals surface area contributed by atoms with E-state index in [1.54, 1.807) is 0 Å². The first-order valence-electron chi connectivity index (χ1n) is 22.8. The van der Waals surface area contributed by atoms with Crippen molar-refractivity contribution in [2.45, 2.75) is 0 Å². The maximum atomic E-state index is 7.48. The van der Waals surface area contributed by atoms with Crippen molar-refractivity contribution in [2.24, 2.45) is 0 Å². The van der Waals surface area contributed by atoms with Gasteiger partial charge in [-0.2, -0.15) is 0 Å². The Morgan fingerprint density at radius 2 is 0.768 bits per heavy atom. The van der Waals surface area contributed by atoms with E-state index in [-0.39, 0.29) is 21.9 Å². The van der Waals surface area contributed by atoms with Crippen LogP contribution < -0.4 is 38.2 Å². The van der Waals surface area contributed by atoms with Crippen LogP contribution in [0.15, 0.2) is 200 Å². The minimum atomic E-state index is 0.169. The third-order valence-corrected chi connectivity index (χ3v) is 13.7. The first kappa shape index (κ1) is 42.6. The van der Waals surface area contributed by atoms with Crippen molar-refractivity contribution < 1.29 is 0 Å². The van der Waals surface area contributed by atoms with Gasteiger partial charge in [0.25, 0.3) is 0 Å². The van der Waals surface area contributed by atoms with Crippen LogP contribution in [0.2, 0.25) is 0 Å². The molecule has 0 aliphatic rings. The zero-order valence-corrected chi connectivity index (χ0v) is 37.5. The second-order valence-corrected chi connectivity index (χ2v) is 17.6. The molecule has 0 bridgehead atoms. The van der Waals surface area contributed by atoms with Crippen LogP contribution in [0.5, 0.6) is 0 Å². The average molecular weight is 858 g/mol. The molecule has 9 heteroatoms. The molecule has 14 radical (unpaired) electrons. The molecule has 0 fully saturated rings. The van der Waals surface area contributed by atoms with E-state index < -0.39 is 0 Å². The minimum absolute atomic E-state index is 0.169. The number of hydrogen-bond donors (Lipinski definition) is 0. The fraction of sp³-hybridized carbons (Fsp3) is 0. The lowest BCUT2D eigenvalue weighted by Gasteiger charge is -2.19. The Hall–Kier alpha value is -7.75. The van der Waals surface area contributed by atoms with Gasteiger partial charge in [0, 0.05) is 38.4 Å². The van der Waals surface area contributed by atoms with Gasteiger partial charge in [-0.1, -0.05) is 185 Å². The van der Waals surface area contributed by atoms with Crippen LogP contribution in [0.3, 0.4) is 0 Å². The normalized spacial score (nSPS) is 11.6. The van der Waals surface area contributed by atoms with E-state index in [2.05, 4.69) is 162 Å². The third-order valence-electron chi connectivity index (χ3n) is 13.7. The predicted octanol–water partition coefficient (Wildman–Crippen LogP) is 7.77. The second kappa shape index (κ2) is 16.8. The summed E-state index contributed by atoms with van der Waals surface area (Å²) in [5.74, 6) is 0. The second-order valence-electron chi connectivity index (χ2n) is 17.6. The number of hydrogen-bond acceptors (Lipinski definition) is 0. The summed E-state index contributed by atoms with van der Waals surface area (Å²) >= 11 is 0. The minimum Gasteiger partial charge on any atom is -0.311 e. The van der Waals surface area contributed by atoms with Gasteiger partial charge in [0.05, 0.1) is 16.7 Å². The van der Waals surface area contributed by atoms with Crippen LogP contribution in [0.25, 0.3) is 111 Å². The van der Waals surface area contributed by atoms with Gasteiger partial charge in [0.15, 0.2) is 0 Å². The summed E-state index contributed by atoms with van der Waals surface area (Å²) in [4.78, 5) is 0. The first-order valence-corrected chi connectivity index (χ1v) is 22.8. The molecule has 0 saturated heterocycles. The van der Waals surface area contributed by atoms with Gasteiger partial charge in [0.1, 0.15) is 54.9 Å². The highest BCUT2D eigenvalue weighted by Crippen LogP contribution is 2.42. The molecule has 0 aliphatic heterocycles. The molecule has 69 heavy (non-hydrogen) atoms. The highest BCUT2D eigenvalue weighted by Gasteiger charge is 2.26. The van der Waals surface area contributed by atoms with E-state index in [1.165, 1.54) is 0 Å². The highest BCUT2D eigenvalue weighted by atomic mass is 15.0. The molecule has 0 amide bonds. The van der Waals surface area contributed by atoms with Crippen molar-refractivity contribution in [1.29, 1.82) is 0 Å². The molecular weight excluding hydrogens is 824 g/mol. The lowest BCUT2D eigenvalue weighted by atomic mass is 9.64. The van der Waals surface area contributed by atoms with Gasteiger partial charge in [-0.25, -0.2) is 0 Å². The van der Waals surface area contributed by atoms with Gasteiger partial charge in [-0.05, 0) is 97.9 Å². The molecule has 2 aromatic heterocycles. The average Bonchev–Trinajstić information content (AvgIpc) is 3.94. The summed E-state index contributed by atoms with van der Waals surface area (Å²) in [5, 5.41) is 3.22. The molecule has 10 aromatic carbocycles. The van der Waals surface area contributed by atoms with Crippen LogP contribution in [0.1, 0.15) is 0 Å². The van der Waals surface area contributed by atoms with Crippen LogP contribution in [0.4, 0.5) is 0 Å². The summed E-state index contributed by atoms with van der Waals surface area (Å²) in [6.45, 7) is 0. The molecule has 0 saturated carbocycles. The van der Waals surface area contributed by atoms with Gasteiger partial charge >= 0.3 is 0 Å². The van der Waals surface area contributed by atoms with Crippen molar-refractivity contribution in [2.75, 3.05) is 0 Å². The maximum absolute atomic E-state index is 7.48. The van der Waals surface area contributed by atoms with Crippen molar-refractivity contribution in [3.8, 4) is 67.0 Å². The topological polar surface area (TPSA) is 9.86 Å². The van der Waals surface area contributed by atoms with E-state index in [9.17, 15) is 0 Å². The molecule has 12 rings (SSSR count). The van der Waals surface area contributed by atoms with E-state index in [0.29, 0.717) is 43.8 Å². The fourth-order valence-electron chi connectivity index (χ4n) is 10.4. The number of fused-ring (bicyclic) bond motifs is 6. The van der Waals surface area contributed by atoms with Gasteiger partial charge in [-0.3, -0.25) is 0 Å². The number of benzene rings is 10. The monoisotopic (exact) mass is 858 g/mol. The Morgan fingerprint density at radius 1 is 0.275 bits per heavy atom. The number of nitrogens with zero attached hydrogens (tertiary/aromatic N) is 2. The van der Waals surface area contributed by atoms with Crippen LogP contribution in [-0.2, 0) is 0 Å². The van der Waals surface area contributed by atoms with Crippen molar-refractivity contribution in [3.63, 3.8) is 0 Å². The van der Waals surface area contributed by atoms with E-state index >= 15 is 0 Å². The number of para-hydroxylation sites is 1. The molecule has 0 N–H and O–H groups in total. The molecule has 304 valence electrons. The summed E-state index contributed by atoms with van der Waals surface area (Å²) in [6, 6.07) is 69.3. The number of rotatable bonds is 7.